The molecule has 8 nitrogen and oxygen atoms in total. The molecule has 2 N–H and O–H groups in total. The molecule has 1 aliphatic carbocycles. The molecule has 2 atom stereocenters. The molecular weight excluding hydrogens is 569 g/mol. The Kier molecular flexibility index (Phi) is 12.8. The molecule has 3 aliphatic rings. The van der Waals surface area contributed by atoms with Crippen molar-refractivity contribution in [3.05, 3.63) is 35.9 Å². The molecule has 234 valence electrons. The van der Waals surface area contributed by atoms with Crippen LogP contribution in [0.5, 0.6) is 0 Å². The Morgan fingerprint density at radius 3 is 2.43 bits per heavy atom. The first-order valence-corrected chi connectivity index (χ1v) is 18.0. The number of amides is 3. The van der Waals surface area contributed by atoms with Crippen molar-refractivity contribution in [2.45, 2.75) is 96.0 Å². The predicted octanol–water partition coefficient (Wildman–Crippen LogP) is 4.92. The van der Waals surface area contributed by atoms with Crippen LogP contribution in [-0.4, -0.2) is 94.1 Å². The van der Waals surface area contributed by atoms with Crippen LogP contribution in [0.3, 0.4) is 0 Å². The van der Waals surface area contributed by atoms with Crippen molar-refractivity contribution < 1.29 is 19.1 Å². The van der Waals surface area contributed by atoms with E-state index in [4.69, 9.17) is 4.74 Å². The molecule has 1 aromatic rings. The first kappa shape index (κ1) is 33.0. The number of ether oxygens (including phenoxy) is 1. The van der Waals surface area contributed by atoms with Gasteiger partial charge in [0.25, 0.3) is 0 Å². The summed E-state index contributed by atoms with van der Waals surface area (Å²) in [6.45, 7) is 8.71. The van der Waals surface area contributed by atoms with Gasteiger partial charge in [-0.2, -0.15) is 23.5 Å². The maximum absolute atomic E-state index is 13.6. The number of rotatable bonds is 10. The largest absolute Gasteiger partial charge is 0.444 e. The molecule has 3 fully saturated rings. The number of hydrogen-bond donors (Lipinski definition) is 2. The molecule has 10 heteroatoms. The number of thioether (sulfide) groups is 2. The summed E-state index contributed by atoms with van der Waals surface area (Å²) in [5, 5.41) is 6.32. The highest BCUT2D eigenvalue weighted by Crippen LogP contribution is 2.27. The van der Waals surface area contributed by atoms with E-state index in [2.05, 4.69) is 39.8 Å². The van der Waals surface area contributed by atoms with Crippen LogP contribution in [0.25, 0.3) is 0 Å². The van der Waals surface area contributed by atoms with Gasteiger partial charge in [-0.25, -0.2) is 4.79 Å². The summed E-state index contributed by atoms with van der Waals surface area (Å²) in [6.07, 6.45) is 7.70. The number of likely N-dealkylation sites (tertiary alicyclic amines) is 1. The Labute approximate surface area is 260 Å². The Morgan fingerprint density at radius 1 is 1.02 bits per heavy atom. The molecule has 2 heterocycles. The second-order valence-corrected chi connectivity index (χ2v) is 15.1. The minimum atomic E-state index is -0.654. The van der Waals surface area contributed by atoms with Gasteiger partial charge < -0.3 is 15.4 Å². The Bertz CT molecular complexity index is 1010. The van der Waals surface area contributed by atoms with Gasteiger partial charge in [-0.1, -0.05) is 49.6 Å². The molecule has 0 radical (unpaired) electrons. The van der Waals surface area contributed by atoms with Crippen LogP contribution in [0.2, 0.25) is 0 Å². The Balaban J connectivity index is 1.34. The molecule has 2 aliphatic heterocycles. The van der Waals surface area contributed by atoms with Crippen LogP contribution >= 0.6 is 23.5 Å². The average Bonchev–Trinajstić information content (AvgIpc) is 2.98. The predicted molar refractivity (Wildman–Crippen MR) is 173 cm³/mol. The normalized spacial score (nSPS) is 21.9. The summed E-state index contributed by atoms with van der Waals surface area (Å²) in [7, 11) is 0. The van der Waals surface area contributed by atoms with E-state index in [0.717, 1.165) is 44.0 Å². The van der Waals surface area contributed by atoms with Gasteiger partial charge in [-0.05, 0) is 63.7 Å². The second-order valence-electron chi connectivity index (χ2n) is 12.9. The van der Waals surface area contributed by atoms with Crippen molar-refractivity contribution >= 4 is 41.4 Å². The minimum absolute atomic E-state index is 0.0933. The van der Waals surface area contributed by atoms with Crippen molar-refractivity contribution in [1.29, 1.82) is 0 Å². The standard InChI is InChI=1S/C32H50N4O4S2/c1-32(2,3)40-31(39)36-18-19-41-23-28(36)30(38)34-27(22-42-21-25-12-8-5-9-13-25)29(37)33-26-14-16-35(17-15-26)20-24-10-6-4-7-11-24/h4,6-7,10-11,25-28H,5,8-9,12-23H2,1-3H3,(H,33,37)(H,34,38). The lowest BCUT2D eigenvalue weighted by molar-refractivity contribution is -0.131. The van der Waals surface area contributed by atoms with Gasteiger partial charge in [0.05, 0.1) is 0 Å². The molecule has 3 amide bonds. The van der Waals surface area contributed by atoms with Crippen LogP contribution in [0.15, 0.2) is 30.3 Å². The van der Waals surface area contributed by atoms with Gasteiger partial charge >= 0.3 is 6.09 Å². The number of carbonyl (C=O) groups is 3. The zero-order valence-corrected chi connectivity index (χ0v) is 27.3. The number of carbonyl (C=O) groups excluding carboxylic acids is 3. The first-order valence-electron chi connectivity index (χ1n) is 15.7. The average molecular weight is 619 g/mol. The Morgan fingerprint density at radius 2 is 1.74 bits per heavy atom. The summed E-state index contributed by atoms with van der Waals surface area (Å²) >= 11 is 3.42. The third-order valence-corrected chi connectivity index (χ3v) is 10.5. The first-order chi connectivity index (χ1) is 20.2. The fourth-order valence-corrected chi connectivity index (χ4v) is 8.22. The maximum Gasteiger partial charge on any atom is 0.411 e. The quantitative estimate of drug-likeness (QED) is 0.385. The number of benzene rings is 1. The Hall–Kier alpha value is -1.91. The number of hydrogen-bond acceptors (Lipinski definition) is 7. The van der Waals surface area contributed by atoms with Gasteiger partial charge in [-0.3, -0.25) is 19.4 Å². The van der Waals surface area contributed by atoms with Crippen molar-refractivity contribution in [3.8, 4) is 0 Å². The molecular formula is C32H50N4O4S2. The molecule has 0 aromatic heterocycles. The van der Waals surface area contributed by atoms with Gasteiger partial charge in [0.2, 0.25) is 11.8 Å². The highest BCUT2D eigenvalue weighted by molar-refractivity contribution is 7.99. The third-order valence-electron chi connectivity index (χ3n) is 8.24. The topological polar surface area (TPSA) is 91.0 Å². The number of nitrogens with zero attached hydrogens (tertiary/aromatic N) is 2. The van der Waals surface area contributed by atoms with E-state index >= 15 is 0 Å². The van der Waals surface area contributed by atoms with Crippen LogP contribution in [0, 0.1) is 5.92 Å². The fraction of sp³-hybridized carbons (Fsp3) is 0.719. The number of nitrogens with one attached hydrogen (secondary N) is 2. The van der Waals surface area contributed by atoms with Crippen LogP contribution in [0.4, 0.5) is 4.79 Å². The van der Waals surface area contributed by atoms with Crippen molar-refractivity contribution in [2.75, 3.05) is 42.6 Å². The minimum Gasteiger partial charge on any atom is -0.444 e. The van der Waals surface area contributed by atoms with Crippen molar-refractivity contribution in [2.24, 2.45) is 5.92 Å². The van der Waals surface area contributed by atoms with Crippen LogP contribution in [0.1, 0.15) is 71.3 Å². The number of piperidine rings is 1. The van der Waals surface area contributed by atoms with Crippen molar-refractivity contribution in [1.82, 2.24) is 20.4 Å². The SMILES string of the molecule is CC(C)(C)OC(=O)N1CCSCC1C(=O)NC(CSCC1CCCCC1)C(=O)NC1CCN(Cc2ccccc2)CC1. The molecule has 0 bridgehead atoms. The van der Waals surface area contributed by atoms with E-state index < -0.39 is 23.8 Å². The van der Waals surface area contributed by atoms with E-state index in [1.54, 1.807) is 23.5 Å². The van der Waals surface area contributed by atoms with Crippen LogP contribution < -0.4 is 10.6 Å². The van der Waals surface area contributed by atoms with Gasteiger partial charge in [0.1, 0.15) is 17.7 Å². The van der Waals surface area contributed by atoms with Gasteiger partial charge in [0.15, 0.2) is 0 Å². The molecule has 42 heavy (non-hydrogen) atoms. The molecule has 1 aromatic carbocycles. The molecule has 1 saturated carbocycles. The summed E-state index contributed by atoms with van der Waals surface area (Å²) in [5.41, 5.74) is 0.663. The molecule has 2 unspecified atom stereocenters. The fourth-order valence-electron chi connectivity index (χ4n) is 5.90. The summed E-state index contributed by atoms with van der Waals surface area (Å²) in [5.74, 6) is 3.10. The molecule has 2 saturated heterocycles. The van der Waals surface area contributed by atoms with Crippen molar-refractivity contribution in [3.63, 3.8) is 0 Å². The lowest BCUT2D eigenvalue weighted by atomic mass is 9.91. The lowest BCUT2D eigenvalue weighted by Crippen LogP contribution is -2.59. The van der Waals surface area contributed by atoms with Gasteiger partial charge in [-0.15, -0.1) is 0 Å². The molecule has 0 spiro atoms. The smallest absolute Gasteiger partial charge is 0.411 e. The summed E-state index contributed by atoms with van der Waals surface area (Å²) < 4.78 is 5.60. The maximum atomic E-state index is 13.6. The van der Waals surface area contributed by atoms with Gasteiger partial charge in [0, 0.05) is 49.5 Å². The van der Waals surface area contributed by atoms with E-state index in [-0.39, 0.29) is 17.9 Å². The molecule has 4 rings (SSSR count). The second kappa shape index (κ2) is 16.2. The summed E-state index contributed by atoms with van der Waals surface area (Å²) in [6, 6.07) is 9.29. The lowest BCUT2D eigenvalue weighted by Gasteiger charge is -2.36. The monoisotopic (exact) mass is 618 g/mol. The van der Waals surface area contributed by atoms with E-state index in [9.17, 15) is 14.4 Å². The zero-order valence-electron chi connectivity index (χ0n) is 25.6. The van der Waals surface area contributed by atoms with E-state index in [1.165, 1.54) is 42.6 Å². The zero-order chi connectivity index (χ0) is 30.0. The highest BCUT2D eigenvalue weighted by atomic mass is 32.2. The van der Waals surface area contributed by atoms with E-state index in [1.807, 2.05) is 26.8 Å². The highest BCUT2D eigenvalue weighted by Gasteiger charge is 2.37. The van der Waals surface area contributed by atoms with Crippen LogP contribution in [-0.2, 0) is 20.9 Å². The summed E-state index contributed by atoms with van der Waals surface area (Å²) in [4.78, 5) is 44.1. The van der Waals surface area contributed by atoms with E-state index in [0.29, 0.717) is 24.0 Å². The third kappa shape index (κ3) is 10.7.